The molecule has 1 spiro atoms. The Hall–Kier alpha value is -3.02. The maximum absolute atomic E-state index is 12.7. The minimum atomic E-state index is -0.130. The Labute approximate surface area is 189 Å². The van der Waals surface area contributed by atoms with Crippen LogP contribution in [0.2, 0.25) is 0 Å². The lowest BCUT2D eigenvalue weighted by atomic mass is 9.50. The Kier molecular flexibility index (Phi) is 5.53. The van der Waals surface area contributed by atoms with Gasteiger partial charge in [-0.3, -0.25) is 4.79 Å². The molecule has 2 aromatic carbocycles. The van der Waals surface area contributed by atoms with Crippen LogP contribution in [0, 0.1) is 11.3 Å². The van der Waals surface area contributed by atoms with Crippen molar-refractivity contribution in [3.63, 3.8) is 0 Å². The molecular formula is C26H31N3O3. The Morgan fingerprint density at radius 3 is 2.19 bits per heavy atom. The van der Waals surface area contributed by atoms with E-state index in [1.54, 1.807) is 7.11 Å². The summed E-state index contributed by atoms with van der Waals surface area (Å²) in [6.07, 6.45) is 5.73. The monoisotopic (exact) mass is 433 g/mol. The van der Waals surface area contributed by atoms with Gasteiger partial charge in [0.15, 0.2) is 0 Å². The van der Waals surface area contributed by atoms with Crippen molar-refractivity contribution in [1.82, 2.24) is 16.0 Å². The topological polar surface area (TPSA) is 79.5 Å². The highest BCUT2D eigenvalue weighted by atomic mass is 16.5. The van der Waals surface area contributed by atoms with Gasteiger partial charge >= 0.3 is 6.03 Å². The molecule has 0 radical (unpaired) electrons. The van der Waals surface area contributed by atoms with Gasteiger partial charge in [-0.05, 0) is 72.8 Å². The van der Waals surface area contributed by atoms with Gasteiger partial charge in [0.25, 0.3) is 0 Å². The predicted octanol–water partition coefficient (Wildman–Crippen LogP) is 3.34. The van der Waals surface area contributed by atoms with E-state index in [-0.39, 0.29) is 35.4 Å². The molecule has 6 nitrogen and oxygen atoms in total. The lowest BCUT2D eigenvalue weighted by molar-refractivity contribution is -0.139. The van der Waals surface area contributed by atoms with Crippen molar-refractivity contribution < 1.29 is 14.3 Å². The molecule has 3 aliphatic rings. The summed E-state index contributed by atoms with van der Waals surface area (Å²) in [6.45, 7) is 0.487. The minimum Gasteiger partial charge on any atom is -0.497 e. The number of ether oxygens (including phenoxy) is 1. The molecule has 2 saturated carbocycles. The van der Waals surface area contributed by atoms with Gasteiger partial charge in [-0.1, -0.05) is 36.4 Å². The van der Waals surface area contributed by atoms with Crippen LogP contribution in [0.3, 0.4) is 0 Å². The first kappa shape index (κ1) is 20.9. The van der Waals surface area contributed by atoms with E-state index in [2.05, 4.69) is 40.2 Å². The fourth-order valence-corrected chi connectivity index (χ4v) is 5.73. The number of nitrogens with one attached hydrogen (secondary N) is 3. The molecule has 0 saturated heterocycles. The zero-order valence-electron chi connectivity index (χ0n) is 18.5. The molecule has 32 heavy (non-hydrogen) atoms. The lowest BCUT2D eigenvalue weighted by Gasteiger charge is -2.57. The van der Waals surface area contributed by atoms with Crippen LogP contribution in [0.25, 0.3) is 0 Å². The first-order chi connectivity index (χ1) is 15.5. The van der Waals surface area contributed by atoms with Crippen LogP contribution >= 0.6 is 0 Å². The number of carbonyl (C=O) groups excluding carboxylic acids is 2. The van der Waals surface area contributed by atoms with E-state index in [4.69, 9.17) is 4.74 Å². The minimum absolute atomic E-state index is 0.128. The largest absolute Gasteiger partial charge is 0.497 e. The second-order valence-electron chi connectivity index (χ2n) is 9.77. The number of carbonyl (C=O) groups is 2. The van der Waals surface area contributed by atoms with Crippen molar-refractivity contribution in [3.8, 4) is 5.75 Å². The van der Waals surface area contributed by atoms with Crippen LogP contribution in [0.1, 0.15) is 42.4 Å². The summed E-state index contributed by atoms with van der Waals surface area (Å²) >= 11 is 0. The van der Waals surface area contributed by atoms with Crippen LogP contribution in [-0.4, -0.2) is 31.1 Å². The summed E-state index contributed by atoms with van der Waals surface area (Å²) in [6, 6.07) is 16.4. The van der Waals surface area contributed by atoms with Crippen LogP contribution in [0.15, 0.2) is 48.5 Å². The average Bonchev–Trinajstić information content (AvgIpc) is 3.15. The maximum atomic E-state index is 12.7. The quantitative estimate of drug-likeness (QED) is 0.654. The molecule has 0 atom stereocenters. The number of methoxy groups -OCH3 is 1. The van der Waals surface area contributed by atoms with Crippen LogP contribution in [-0.2, 0) is 24.2 Å². The smallest absolute Gasteiger partial charge is 0.315 e. The fourth-order valence-electron chi connectivity index (χ4n) is 5.73. The fraction of sp³-hybridized carbons (Fsp3) is 0.462. The van der Waals surface area contributed by atoms with E-state index in [0.717, 1.165) is 49.8 Å². The number of urea groups is 1. The first-order valence-corrected chi connectivity index (χ1v) is 11.6. The van der Waals surface area contributed by atoms with Crippen molar-refractivity contribution in [3.05, 3.63) is 65.2 Å². The van der Waals surface area contributed by atoms with Crippen LogP contribution in [0.4, 0.5) is 4.79 Å². The van der Waals surface area contributed by atoms with E-state index in [0.29, 0.717) is 6.54 Å². The molecule has 0 aliphatic heterocycles. The van der Waals surface area contributed by atoms with Gasteiger partial charge < -0.3 is 20.7 Å². The van der Waals surface area contributed by atoms with Gasteiger partial charge in [-0.15, -0.1) is 0 Å². The van der Waals surface area contributed by atoms with Crippen molar-refractivity contribution in [2.45, 2.75) is 57.2 Å². The van der Waals surface area contributed by atoms with Crippen LogP contribution in [0.5, 0.6) is 5.75 Å². The number of fused-ring (bicyclic) bond motifs is 1. The van der Waals surface area contributed by atoms with Crippen molar-refractivity contribution in [2.75, 3.05) is 7.11 Å². The summed E-state index contributed by atoms with van der Waals surface area (Å²) in [4.78, 5) is 24.9. The normalized spacial score (nSPS) is 25.9. The highest BCUT2D eigenvalue weighted by Gasteiger charge is 2.55. The highest BCUT2D eigenvalue weighted by Crippen LogP contribution is 2.58. The molecule has 3 N–H and O–H groups in total. The van der Waals surface area contributed by atoms with Crippen molar-refractivity contribution >= 4 is 11.9 Å². The number of amides is 3. The number of hydrogen-bond donors (Lipinski definition) is 3. The third-order valence-corrected chi connectivity index (χ3v) is 7.43. The highest BCUT2D eigenvalue weighted by molar-refractivity contribution is 5.80. The molecule has 0 heterocycles. The molecule has 3 amide bonds. The van der Waals surface area contributed by atoms with Gasteiger partial charge in [-0.2, -0.15) is 0 Å². The molecule has 0 unspecified atom stereocenters. The zero-order chi connectivity index (χ0) is 22.1. The predicted molar refractivity (Wildman–Crippen MR) is 122 cm³/mol. The number of hydrogen-bond acceptors (Lipinski definition) is 3. The lowest BCUT2D eigenvalue weighted by Crippen LogP contribution is -2.59. The first-order valence-electron chi connectivity index (χ1n) is 11.6. The molecule has 0 aromatic heterocycles. The number of rotatable bonds is 6. The maximum Gasteiger partial charge on any atom is 0.315 e. The second-order valence-corrected chi connectivity index (χ2v) is 9.77. The van der Waals surface area contributed by atoms with Gasteiger partial charge in [0, 0.05) is 24.5 Å². The standard InChI is InChI=1S/C26H31N3O3/c1-32-23-8-6-17(7-9-23)16-27-25(31)29-22-14-26(15-22)12-20(13-26)24(30)28-21-10-18-4-2-3-5-19(18)11-21/h2-9,20-22H,10-16H2,1H3,(H,28,30)(H2,27,29,31). The van der Waals surface area contributed by atoms with E-state index in [9.17, 15) is 9.59 Å². The molecule has 2 aromatic rings. The van der Waals surface area contributed by atoms with E-state index in [1.165, 1.54) is 11.1 Å². The second kappa shape index (κ2) is 8.49. The molecule has 0 bridgehead atoms. The molecule has 2 fully saturated rings. The van der Waals surface area contributed by atoms with Crippen molar-refractivity contribution in [1.29, 1.82) is 0 Å². The Morgan fingerprint density at radius 2 is 1.56 bits per heavy atom. The third-order valence-electron chi connectivity index (χ3n) is 7.43. The SMILES string of the molecule is COc1ccc(CNC(=O)NC2CC3(C2)CC(C(=O)NC2Cc4ccccc4C2)C3)cc1. The summed E-state index contributed by atoms with van der Waals surface area (Å²) in [5, 5.41) is 9.26. The van der Waals surface area contributed by atoms with Gasteiger partial charge in [0.1, 0.15) is 5.75 Å². The summed E-state index contributed by atoms with van der Waals surface area (Å²) < 4.78 is 5.15. The number of benzene rings is 2. The van der Waals surface area contributed by atoms with E-state index >= 15 is 0 Å². The van der Waals surface area contributed by atoms with E-state index in [1.807, 2.05) is 24.3 Å². The molecule has 168 valence electrons. The molecule has 6 heteroatoms. The molecular weight excluding hydrogens is 402 g/mol. The van der Waals surface area contributed by atoms with E-state index < -0.39 is 0 Å². The van der Waals surface area contributed by atoms with Crippen LogP contribution < -0.4 is 20.7 Å². The van der Waals surface area contributed by atoms with Gasteiger partial charge in [0.2, 0.25) is 5.91 Å². The summed E-state index contributed by atoms with van der Waals surface area (Å²) in [5.41, 5.74) is 4.01. The van der Waals surface area contributed by atoms with Gasteiger partial charge in [-0.25, -0.2) is 4.79 Å². The molecule has 5 rings (SSSR count). The Balaban J connectivity index is 0.993. The summed E-state index contributed by atoms with van der Waals surface area (Å²) in [5.74, 6) is 1.14. The zero-order valence-corrected chi connectivity index (χ0v) is 18.5. The summed E-state index contributed by atoms with van der Waals surface area (Å²) in [7, 11) is 1.64. The van der Waals surface area contributed by atoms with Crippen molar-refractivity contribution in [2.24, 2.45) is 11.3 Å². The van der Waals surface area contributed by atoms with Gasteiger partial charge in [0.05, 0.1) is 7.11 Å². The Morgan fingerprint density at radius 1 is 0.906 bits per heavy atom. The average molecular weight is 434 g/mol. The molecule has 3 aliphatic carbocycles. The Bertz CT molecular complexity index is 965. The third kappa shape index (κ3) is 4.31.